The van der Waals surface area contributed by atoms with Gasteiger partial charge in [-0.25, -0.2) is 5.01 Å². The van der Waals surface area contributed by atoms with Gasteiger partial charge < -0.3 is 14.9 Å². The predicted molar refractivity (Wildman–Crippen MR) is 110 cm³/mol. The molecule has 0 atom stereocenters. The molecule has 148 valence electrons. The van der Waals surface area contributed by atoms with E-state index in [1.165, 1.54) is 11.1 Å². The van der Waals surface area contributed by atoms with Crippen molar-refractivity contribution in [1.29, 1.82) is 0 Å². The van der Waals surface area contributed by atoms with Crippen LogP contribution in [0.25, 0.3) is 0 Å². The highest BCUT2D eigenvalue weighted by atomic mass is 16.5. The van der Waals surface area contributed by atoms with Gasteiger partial charge in [0, 0.05) is 17.6 Å². The molecule has 0 bridgehead atoms. The molecule has 27 heavy (non-hydrogen) atoms. The van der Waals surface area contributed by atoms with Crippen LogP contribution in [0.3, 0.4) is 0 Å². The van der Waals surface area contributed by atoms with Crippen molar-refractivity contribution in [1.82, 2.24) is 10.4 Å². The molecule has 5 heteroatoms. The second-order valence-electron chi connectivity index (χ2n) is 8.18. The third-order valence-corrected chi connectivity index (χ3v) is 4.63. The first-order chi connectivity index (χ1) is 12.5. The highest BCUT2D eigenvalue weighted by molar-refractivity contribution is 5.46. The first kappa shape index (κ1) is 20.7. The number of aliphatic hydroxyl groups is 2. The topological polar surface area (TPSA) is 65.0 Å². The summed E-state index contributed by atoms with van der Waals surface area (Å²) in [5.41, 5.74) is 7.12. The molecule has 5 nitrogen and oxygen atoms in total. The monoisotopic (exact) mass is 372 g/mol. The van der Waals surface area contributed by atoms with Crippen LogP contribution in [0.2, 0.25) is 0 Å². The maximum Gasteiger partial charge on any atom is 0.213 e. The summed E-state index contributed by atoms with van der Waals surface area (Å²) >= 11 is 0. The van der Waals surface area contributed by atoms with Crippen molar-refractivity contribution in [2.24, 2.45) is 0 Å². The van der Waals surface area contributed by atoms with Gasteiger partial charge in [-0.1, -0.05) is 35.5 Å². The van der Waals surface area contributed by atoms with Gasteiger partial charge in [-0.05, 0) is 53.5 Å². The summed E-state index contributed by atoms with van der Waals surface area (Å²) in [6.07, 6.45) is 9.36. The minimum Gasteiger partial charge on any atom is -0.500 e. The number of hydrazine groups is 1. The summed E-state index contributed by atoms with van der Waals surface area (Å²) in [4.78, 5) is 0. The van der Waals surface area contributed by atoms with Crippen LogP contribution in [-0.2, 0) is 4.74 Å². The molecule has 0 aromatic rings. The van der Waals surface area contributed by atoms with Crippen molar-refractivity contribution in [2.45, 2.75) is 59.9 Å². The molecule has 0 radical (unpaired) electrons. The number of methoxy groups -OCH3 is 1. The Morgan fingerprint density at radius 2 is 1.70 bits per heavy atom. The third kappa shape index (κ3) is 4.79. The Kier molecular flexibility index (Phi) is 6.14. The zero-order chi connectivity index (χ0) is 20.4. The maximum atomic E-state index is 11.0. The lowest BCUT2D eigenvalue weighted by molar-refractivity contribution is 0.0462. The summed E-state index contributed by atoms with van der Waals surface area (Å²) < 4.78 is 5.39. The number of hydrogen-bond donors (Lipinski definition) is 3. The molecule has 0 fully saturated rings. The molecule has 0 aliphatic heterocycles. The van der Waals surface area contributed by atoms with Crippen LogP contribution < -0.4 is 5.43 Å². The first-order valence-electron chi connectivity index (χ1n) is 9.23. The lowest BCUT2D eigenvalue weighted by Gasteiger charge is -2.38. The van der Waals surface area contributed by atoms with Crippen LogP contribution in [0.1, 0.15) is 54.4 Å². The Balaban J connectivity index is 2.46. The fourth-order valence-electron chi connectivity index (χ4n) is 3.28. The summed E-state index contributed by atoms with van der Waals surface area (Å²) in [6, 6.07) is 0. The van der Waals surface area contributed by atoms with Gasteiger partial charge in [0.2, 0.25) is 11.8 Å². The van der Waals surface area contributed by atoms with Gasteiger partial charge in [0.15, 0.2) is 0 Å². The lowest BCUT2D eigenvalue weighted by atomic mass is 9.96. The molecule has 0 amide bonds. The van der Waals surface area contributed by atoms with E-state index in [0.717, 1.165) is 23.3 Å². The molecule has 0 saturated carbocycles. The third-order valence-electron chi connectivity index (χ3n) is 4.63. The number of nitrogens with one attached hydrogen (secondary N) is 1. The molecule has 0 heterocycles. The molecule has 0 unspecified atom stereocenters. The molecule has 2 aliphatic rings. The second-order valence-corrected chi connectivity index (χ2v) is 8.18. The van der Waals surface area contributed by atoms with E-state index in [9.17, 15) is 10.2 Å². The standard InChI is InChI=1S/C22H32N2O3/c1-14-11-15(2)13-17(12-14)21(26)24(22(4,5)6)23-20(25)18-9-8-10-19(27-7)16(18)3/h8-9,12-13,23,25-26H,10-11H2,1-7H3/b20-18+. The zero-order valence-electron chi connectivity index (χ0n) is 17.5. The van der Waals surface area contributed by atoms with Crippen LogP contribution in [0, 0.1) is 0 Å². The zero-order valence-corrected chi connectivity index (χ0v) is 17.5. The maximum absolute atomic E-state index is 11.0. The quantitative estimate of drug-likeness (QED) is 0.461. The predicted octanol–water partition coefficient (Wildman–Crippen LogP) is 5.31. The molecule has 3 N–H and O–H groups in total. The molecular formula is C22H32N2O3. The Hall–Kier alpha value is -2.56. The Bertz CT molecular complexity index is 767. The van der Waals surface area contributed by atoms with E-state index < -0.39 is 5.54 Å². The normalized spacial score (nSPS) is 19.4. The van der Waals surface area contributed by atoms with Crippen molar-refractivity contribution < 1.29 is 14.9 Å². The van der Waals surface area contributed by atoms with Crippen molar-refractivity contribution >= 4 is 0 Å². The van der Waals surface area contributed by atoms with Crippen LogP contribution in [0.15, 0.2) is 69.7 Å². The number of allylic oxidation sites excluding steroid dienone is 9. The van der Waals surface area contributed by atoms with Gasteiger partial charge in [0.1, 0.15) is 5.76 Å². The Labute approximate surface area is 162 Å². The minimum absolute atomic E-state index is 0.0303. The Morgan fingerprint density at radius 3 is 2.22 bits per heavy atom. The van der Waals surface area contributed by atoms with Crippen LogP contribution >= 0.6 is 0 Å². The van der Waals surface area contributed by atoms with Crippen LogP contribution in [-0.4, -0.2) is 27.9 Å². The number of rotatable bonds is 4. The van der Waals surface area contributed by atoms with E-state index >= 15 is 0 Å². The van der Waals surface area contributed by atoms with E-state index in [4.69, 9.17) is 4.74 Å². The van der Waals surface area contributed by atoms with Gasteiger partial charge in [0.25, 0.3) is 0 Å². The van der Waals surface area contributed by atoms with Gasteiger partial charge in [-0.3, -0.25) is 5.43 Å². The van der Waals surface area contributed by atoms with E-state index in [0.29, 0.717) is 12.0 Å². The first-order valence-corrected chi connectivity index (χ1v) is 9.23. The summed E-state index contributed by atoms with van der Waals surface area (Å²) in [5, 5.41) is 23.3. The second kappa shape index (κ2) is 7.99. The van der Waals surface area contributed by atoms with E-state index in [1.807, 2.05) is 65.8 Å². The summed E-state index contributed by atoms with van der Waals surface area (Å²) in [5.74, 6) is 0.855. The van der Waals surface area contributed by atoms with Crippen molar-refractivity contribution in [2.75, 3.05) is 7.11 Å². The van der Waals surface area contributed by atoms with E-state index in [1.54, 1.807) is 12.1 Å². The molecule has 0 saturated heterocycles. The highest BCUT2D eigenvalue weighted by Gasteiger charge is 2.28. The minimum atomic E-state index is -0.480. The SMILES string of the molecule is COC1=C(C)/C(=C(/O)NN(C(O)=C2C=C(C)CC(C)=C2)C(C)(C)C)C=CC1. The average molecular weight is 373 g/mol. The number of aliphatic hydroxyl groups excluding tert-OH is 2. The largest absolute Gasteiger partial charge is 0.500 e. The fraction of sp³-hybridized carbons (Fsp3) is 0.455. The Morgan fingerprint density at radius 1 is 1.11 bits per heavy atom. The highest BCUT2D eigenvalue weighted by Crippen LogP contribution is 2.29. The summed E-state index contributed by atoms with van der Waals surface area (Å²) in [6.45, 7) is 11.9. The van der Waals surface area contributed by atoms with Gasteiger partial charge in [-0.2, -0.15) is 0 Å². The lowest BCUT2D eigenvalue weighted by Crippen LogP contribution is -2.50. The number of nitrogens with zero attached hydrogens (tertiary/aromatic N) is 1. The summed E-state index contributed by atoms with van der Waals surface area (Å²) in [7, 11) is 1.63. The van der Waals surface area contributed by atoms with Crippen molar-refractivity contribution in [3.05, 3.63) is 69.7 Å². The van der Waals surface area contributed by atoms with E-state index in [2.05, 4.69) is 5.43 Å². The number of hydrogen-bond acceptors (Lipinski definition) is 5. The fourth-order valence-corrected chi connectivity index (χ4v) is 3.28. The van der Waals surface area contributed by atoms with E-state index in [-0.39, 0.29) is 11.8 Å². The molecular weight excluding hydrogens is 340 g/mol. The molecule has 2 rings (SSSR count). The smallest absolute Gasteiger partial charge is 0.213 e. The van der Waals surface area contributed by atoms with Crippen LogP contribution in [0.5, 0.6) is 0 Å². The molecule has 2 aliphatic carbocycles. The molecule has 0 aromatic heterocycles. The van der Waals surface area contributed by atoms with Gasteiger partial charge >= 0.3 is 0 Å². The van der Waals surface area contributed by atoms with Gasteiger partial charge in [0.05, 0.1) is 12.6 Å². The average Bonchev–Trinajstić information content (AvgIpc) is 2.57. The number of ether oxygens (including phenoxy) is 1. The van der Waals surface area contributed by atoms with Crippen molar-refractivity contribution in [3.8, 4) is 0 Å². The molecule has 0 aromatic carbocycles. The van der Waals surface area contributed by atoms with Crippen molar-refractivity contribution in [3.63, 3.8) is 0 Å². The van der Waals surface area contributed by atoms with Crippen LogP contribution in [0.4, 0.5) is 0 Å². The molecule has 0 spiro atoms. The van der Waals surface area contributed by atoms with Gasteiger partial charge in [-0.15, -0.1) is 0 Å².